The molecule has 1 aliphatic heterocycles. The summed E-state index contributed by atoms with van der Waals surface area (Å²) in [5, 5.41) is 0. The second kappa shape index (κ2) is 6.37. The summed E-state index contributed by atoms with van der Waals surface area (Å²) < 4.78 is 5.63. The van der Waals surface area contributed by atoms with Crippen LogP contribution in [0.1, 0.15) is 29.5 Å². The number of fused-ring (bicyclic) bond motifs is 2. The van der Waals surface area contributed by atoms with Gasteiger partial charge in [-0.3, -0.25) is 4.90 Å². The highest BCUT2D eigenvalue weighted by Gasteiger charge is 2.36. The molecule has 1 aliphatic carbocycles. The molecule has 2 atom stereocenters. The van der Waals surface area contributed by atoms with E-state index in [1.54, 1.807) is 7.11 Å². The van der Waals surface area contributed by atoms with Gasteiger partial charge in [0.25, 0.3) is 0 Å². The van der Waals surface area contributed by atoms with Crippen molar-refractivity contribution in [2.45, 2.75) is 38.3 Å². The number of piperidine rings is 1. The van der Waals surface area contributed by atoms with E-state index in [0.717, 1.165) is 24.6 Å². The van der Waals surface area contributed by atoms with Gasteiger partial charge in [-0.15, -0.1) is 0 Å². The Bertz CT molecular complexity index is 667. The molecular formula is C21H25NO. The van der Waals surface area contributed by atoms with Crippen LogP contribution in [0.3, 0.4) is 0 Å². The molecule has 2 aromatic carbocycles. The van der Waals surface area contributed by atoms with Gasteiger partial charge < -0.3 is 4.74 Å². The summed E-state index contributed by atoms with van der Waals surface area (Å²) in [7, 11) is 1.80. The summed E-state index contributed by atoms with van der Waals surface area (Å²) >= 11 is 0. The van der Waals surface area contributed by atoms with Gasteiger partial charge in [0.2, 0.25) is 0 Å². The van der Waals surface area contributed by atoms with E-state index in [4.69, 9.17) is 4.74 Å². The fourth-order valence-electron chi connectivity index (χ4n) is 4.48. The molecule has 1 saturated heterocycles. The quantitative estimate of drug-likeness (QED) is 0.847. The molecule has 0 radical (unpaired) electrons. The van der Waals surface area contributed by atoms with Gasteiger partial charge >= 0.3 is 0 Å². The minimum Gasteiger partial charge on any atom is -0.496 e. The van der Waals surface area contributed by atoms with Crippen LogP contribution >= 0.6 is 0 Å². The van der Waals surface area contributed by atoms with Crippen molar-refractivity contribution >= 4 is 0 Å². The summed E-state index contributed by atoms with van der Waals surface area (Å²) in [5.41, 5.74) is 4.38. The summed E-state index contributed by atoms with van der Waals surface area (Å²) in [6.07, 6.45) is 5.04. The topological polar surface area (TPSA) is 12.5 Å². The minimum atomic E-state index is 0.660. The molecule has 1 fully saturated rings. The number of rotatable bonds is 3. The summed E-state index contributed by atoms with van der Waals surface area (Å²) in [4.78, 5) is 2.71. The zero-order valence-electron chi connectivity index (χ0n) is 13.9. The van der Waals surface area contributed by atoms with Gasteiger partial charge in [0.1, 0.15) is 5.75 Å². The number of hydrogen-bond acceptors (Lipinski definition) is 2. The van der Waals surface area contributed by atoms with Crippen molar-refractivity contribution in [3.05, 3.63) is 65.2 Å². The lowest BCUT2D eigenvalue weighted by Gasteiger charge is -2.45. The maximum Gasteiger partial charge on any atom is 0.122 e. The fraction of sp³-hybridized carbons (Fsp3) is 0.429. The molecule has 2 aliphatic rings. The van der Waals surface area contributed by atoms with E-state index < -0.39 is 0 Å². The van der Waals surface area contributed by atoms with E-state index in [9.17, 15) is 0 Å². The Balaban J connectivity index is 1.60. The van der Waals surface area contributed by atoms with Crippen LogP contribution in [0.15, 0.2) is 48.5 Å². The molecule has 0 aromatic heterocycles. The highest BCUT2D eigenvalue weighted by molar-refractivity contribution is 5.43. The maximum atomic E-state index is 5.63. The number of ether oxygens (including phenoxy) is 1. The smallest absolute Gasteiger partial charge is 0.122 e. The zero-order chi connectivity index (χ0) is 15.6. The van der Waals surface area contributed by atoms with Crippen LogP contribution in [0, 0.1) is 5.92 Å². The third-order valence-corrected chi connectivity index (χ3v) is 5.61. The Morgan fingerprint density at radius 3 is 2.74 bits per heavy atom. The van der Waals surface area contributed by atoms with Crippen LogP contribution < -0.4 is 4.74 Å². The van der Waals surface area contributed by atoms with Crippen LogP contribution in [-0.4, -0.2) is 24.6 Å². The van der Waals surface area contributed by atoms with Crippen molar-refractivity contribution < 1.29 is 4.74 Å². The van der Waals surface area contributed by atoms with Crippen molar-refractivity contribution in [2.24, 2.45) is 5.92 Å². The van der Waals surface area contributed by atoms with Gasteiger partial charge in [0.05, 0.1) is 7.11 Å². The molecule has 120 valence electrons. The highest BCUT2D eigenvalue weighted by atomic mass is 16.5. The van der Waals surface area contributed by atoms with Crippen molar-refractivity contribution in [1.29, 1.82) is 0 Å². The SMILES string of the molecule is COc1cccc2c1C[C@@H]1[C@@H](CCCN1Cc1ccccc1)C2. The third kappa shape index (κ3) is 2.88. The summed E-state index contributed by atoms with van der Waals surface area (Å²) in [6.45, 7) is 2.30. The summed E-state index contributed by atoms with van der Waals surface area (Å²) in [6, 6.07) is 18.1. The first-order valence-corrected chi connectivity index (χ1v) is 8.78. The molecule has 2 nitrogen and oxygen atoms in total. The Morgan fingerprint density at radius 1 is 1.04 bits per heavy atom. The highest BCUT2D eigenvalue weighted by Crippen LogP contribution is 2.38. The minimum absolute atomic E-state index is 0.660. The van der Waals surface area contributed by atoms with Gasteiger partial charge in [0, 0.05) is 12.6 Å². The normalized spacial score (nSPS) is 23.9. The molecule has 0 amide bonds. The standard InChI is InChI=1S/C21H25NO/c1-23-21-11-5-9-17-13-18-10-6-12-22(20(18)14-19(17)21)15-16-7-3-2-4-8-16/h2-5,7-9,11,18,20H,6,10,12-15H2,1H3/t18-,20+/m0/s1. The zero-order valence-corrected chi connectivity index (χ0v) is 13.9. The van der Waals surface area contributed by atoms with Crippen molar-refractivity contribution in [3.63, 3.8) is 0 Å². The van der Waals surface area contributed by atoms with Crippen LogP contribution in [0.25, 0.3) is 0 Å². The van der Waals surface area contributed by atoms with Crippen molar-refractivity contribution in [2.75, 3.05) is 13.7 Å². The van der Waals surface area contributed by atoms with E-state index >= 15 is 0 Å². The van der Waals surface area contributed by atoms with Crippen molar-refractivity contribution in [3.8, 4) is 5.75 Å². The molecular weight excluding hydrogens is 282 g/mol. The number of hydrogen-bond donors (Lipinski definition) is 0. The van der Waals surface area contributed by atoms with E-state index in [1.807, 2.05) is 0 Å². The Kier molecular flexibility index (Phi) is 4.09. The molecule has 4 rings (SSSR count). The fourth-order valence-corrected chi connectivity index (χ4v) is 4.48. The Hall–Kier alpha value is -1.80. The molecule has 2 aromatic rings. The van der Waals surface area contributed by atoms with Gasteiger partial charge in [-0.1, -0.05) is 42.5 Å². The maximum absolute atomic E-state index is 5.63. The third-order valence-electron chi connectivity index (χ3n) is 5.61. The van der Waals surface area contributed by atoms with Gasteiger partial charge in [0.15, 0.2) is 0 Å². The van der Waals surface area contributed by atoms with Crippen molar-refractivity contribution in [1.82, 2.24) is 4.90 Å². The largest absolute Gasteiger partial charge is 0.496 e. The molecule has 0 spiro atoms. The van der Waals surface area contributed by atoms with Gasteiger partial charge in [-0.25, -0.2) is 0 Å². The molecule has 0 N–H and O–H groups in total. The lowest BCUT2D eigenvalue weighted by Crippen LogP contribution is -2.48. The number of methoxy groups -OCH3 is 1. The second-order valence-corrected chi connectivity index (χ2v) is 6.93. The number of likely N-dealkylation sites (tertiary alicyclic amines) is 1. The molecule has 1 heterocycles. The second-order valence-electron chi connectivity index (χ2n) is 6.93. The average molecular weight is 307 g/mol. The lowest BCUT2D eigenvalue weighted by molar-refractivity contribution is 0.0777. The Labute approximate surface area is 139 Å². The van der Waals surface area contributed by atoms with Crippen LogP contribution in [0.5, 0.6) is 5.75 Å². The molecule has 0 bridgehead atoms. The first-order valence-electron chi connectivity index (χ1n) is 8.78. The number of nitrogens with zero attached hydrogens (tertiary/aromatic N) is 1. The molecule has 23 heavy (non-hydrogen) atoms. The van der Waals surface area contributed by atoms with Crippen LogP contribution in [0.2, 0.25) is 0 Å². The first kappa shape index (κ1) is 14.8. The monoisotopic (exact) mass is 307 g/mol. The molecule has 0 unspecified atom stereocenters. The predicted molar refractivity (Wildman–Crippen MR) is 93.8 cm³/mol. The Morgan fingerprint density at radius 2 is 1.91 bits per heavy atom. The first-order chi connectivity index (χ1) is 11.3. The molecule has 2 heteroatoms. The average Bonchev–Trinajstić information content (AvgIpc) is 2.61. The van der Waals surface area contributed by atoms with E-state index in [2.05, 4.69) is 53.4 Å². The van der Waals surface area contributed by atoms with Crippen LogP contribution in [-0.2, 0) is 19.4 Å². The van der Waals surface area contributed by atoms with E-state index in [0.29, 0.717) is 6.04 Å². The van der Waals surface area contributed by atoms with Gasteiger partial charge in [-0.05, 0) is 60.9 Å². The predicted octanol–water partition coefficient (Wildman–Crippen LogP) is 4.07. The van der Waals surface area contributed by atoms with Gasteiger partial charge in [-0.2, -0.15) is 0 Å². The van der Waals surface area contributed by atoms with E-state index in [-0.39, 0.29) is 0 Å². The summed E-state index contributed by atoms with van der Waals surface area (Å²) in [5.74, 6) is 1.87. The molecule has 0 saturated carbocycles. The number of benzene rings is 2. The van der Waals surface area contributed by atoms with Crippen LogP contribution in [0.4, 0.5) is 0 Å². The van der Waals surface area contributed by atoms with E-state index in [1.165, 1.54) is 42.5 Å². The lowest BCUT2D eigenvalue weighted by atomic mass is 9.75.